The summed E-state index contributed by atoms with van der Waals surface area (Å²) in [5.74, 6) is 0.450. The summed E-state index contributed by atoms with van der Waals surface area (Å²) in [5.41, 5.74) is 3.29. The fourth-order valence-electron chi connectivity index (χ4n) is 5.21. The Bertz CT molecular complexity index is 722. The van der Waals surface area contributed by atoms with E-state index in [0.717, 1.165) is 32.5 Å². The largest absolute Gasteiger partial charge is 0.340 e. The van der Waals surface area contributed by atoms with Crippen LogP contribution in [0.1, 0.15) is 50.7 Å². The van der Waals surface area contributed by atoms with Gasteiger partial charge in [-0.1, -0.05) is 24.3 Å². The molecule has 3 aliphatic rings. The van der Waals surface area contributed by atoms with E-state index in [0.29, 0.717) is 13.0 Å². The number of urea groups is 1. The van der Waals surface area contributed by atoms with E-state index in [4.69, 9.17) is 0 Å². The average Bonchev–Trinajstić information content (AvgIpc) is 3.22. The van der Waals surface area contributed by atoms with Crippen LogP contribution in [0.25, 0.3) is 0 Å². The standard InChI is InChI=1S/C22H31N3O2/c1-16(2)25-15-17(13-20(25)26)14-23-21(27)24-11-9-22(10-12-24)8-7-18-5-3-4-6-19(18)22/h3-6,16-17H,7-15H2,1-2H3,(H,23,27). The fraction of sp³-hybridized carbons (Fsp3) is 0.636. The van der Waals surface area contributed by atoms with Gasteiger partial charge in [-0.15, -0.1) is 0 Å². The van der Waals surface area contributed by atoms with Crippen LogP contribution in [0.4, 0.5) is 4.79 Å². The molecule has 2 aliphatic heterocycles. The van der Waals surface area contributed by atoms with E-state index in [9.17, 15) is 9.59 Å². The second-order valence-electron chi connectivity index (χ2n) is 8.82. The van der Waals surface area contributed by atoms with Crippen molar-refractivity contribution < 1.29 is 9.59 Å². The first-order valence-corrected chi connectivity index (χ1v) is 10.4. The van der Waals surface area contributed by atoms with Crippen LogP contribution >= 0.6 is 0 Å². The minimum Gasteiger partial charge on any atom is -0.340 e. The molecule has 0 bridgehead atoms. The molecule has 1 spiro atoms. The lowest BCUT2D eigenvalue weighted by Gasteiger charge is -2.40. The Morgan fingerprint density at radius 1 is 1.22 bits per heavy atom. The number of nitrogens with zero attached hydrogens (tertiary/aromatic N) is 2. The van der Waals surface area contributed by atoms with Crippen molar-refractivity contribution in [3.63, 3.8) is 0 Å². The molecule has 1 unspecified atom stereocenters. The molecule has 3 amide bonds. The Morgan fingerprint density at radius 2 is 1.96 bits per heavy atom. The van der Waals surface area contributed by atoms with Gasteiger partial charge in [-0.05, 0) is 56.1 Å². The van der Waals surface area contributed by atoms with Gasteiger partial charge in [-0.2, -0.15) is 0 Å². The first-order valence-electron chi connectivity index (χ1n) is 10.4. The first kappa shape index (κ1) is 18.3. The lowest BCUT2D eigenvalue weighted by molar-refractivity contribution is -0.129. The maximum atomic E-state index is 12.6. The summed E-state index contributed by atoms with van der Waals surface area (Å²) in [5, 5.41) is 3.08. The summed E-state index contributed by atoms with van der Waals surface area (Å²) < 4.78 is 0. The lowest BCUT2D eigenvalue weighted by Crippen LogP contribution is -2.49. The second kappa shape index (κ2) is 7.17. The highest BCUT2D eigenvalue weighted by Gasteiger charge is 2.41. The number of rotatable bonds is 3. The summed E-state index contributed by atoms with van der Waals surface area (Å²) >= 11 is 0. The molecule has 1 aliphatic carbocycles. The third-order valence-corrected chi connectivity index (χ3v) is 6.87. The van der Waals surface area contributed by atoms with E-state index in [1.54, 1.807) is 0 Å². The fourth-order valence-corrected chi connectivity index (χ4v) is 5.21. The van der Waals surface area contributed by atoms with Gasteiger partial charge in [-0.25, -0.2) is 4.79 Å². The van der Waals surface area contributed by atoms with Gasteiger partial charge in [0, 0.05) is 44.6 Å². The van der Waals surface area contributed by atoms with Crippen LogP contribution in [-0.2, 0) is 16.6 Å². The molecule has 4 rings (SSSR count). The van der Waals surface area contributed by atoms with Crippen LogP contribution in [0.3, 0.4) is 0 Å². The predicted octanol–water partition coefficient (Wildman–Crippen LogP) is 2.93. The summed E-state index contributed by atoms with van der Waals surface area (Å²) in [6, 6.07) is 9.10. The first-order chi connectivity index (χ1) is 13.0. The zero-order chi connectivity index (χ0) is 19.0. The van der Waals surface area contributed by atoms with Gasteiger partial charge in [0.1, 0.15) is 0 Å². The molecule has 0 saturated carbocycles. The third-order valence-electron chi connectivity index (χ3n) is 6.87. The lowest BCUT2D eigenvalue weighted by atomic mass is 9.74. The van der Waals surface area contributed by atoms with E-state index in [1.807, 2.05) is 23.6 Å². The highest BCUT2D eigenvalue weighted by molar-refractivity contribution is 5.79. The number of aryl methyl sites for hydroxylation is 1. The SMILES string of the molecule is CC(C)N1CC(CNC(=O)N2CCC3(CCc4ccccc43)CC2)CC1=O. The quantitative estimate of drug-likeness (QED) is 0.891. The topological polar surface area (TPSA) is 52.7 Å². The van der Waals surface area contributed by atoms with Gasteiger partial charge in [0.15, 0.2) is 0 Å². The van der Waals surface area contributed by atoms with Gasteiger partial charge >= 0.3 is 6.03 Å². The molecule has 5 nitrogen and oxygen atoms in total. The molecular formula is C22H31N3O2. The molecule has 27 heavy (non-hydrogen) atoms. The molecule has 0 radical (unpaired) electrons. The molecular weight excluding hydrogens is 338 g/mol. The van der Waals surface area contributed by atoms with E-state index in [1.165, 1.54) is 24.0 Å². The zero-order valence-electron chi connectivity index (χ0n) is 16.5. The minimum atomic E-state index is 0.0339. The normalized spacial score (nSPS) is 24.0. The van der Waals surface area contributed by atoms with Crippen LogP contribution in [0.15, 0.2) is 24.3 Å². The summed E-state index contributed by atoms with van der Waals surface area (Å²) in [6.07, 6.45) is 5.06. The van der Waals surface area contributed by atoms with Crippen molar-refractivity contribution in [2.45, 2.75) is 57.4 Å². The van der Waals surface area contributed by atoms with Gasteiger partial charge in [-0.3, -0.25) is 4.79 Å². The number of amides is 3. The van der Waals surface area contributed by atoms with E-state index < -0.39 is 0 Å². The zero-order valence-corrected chi connectivity index (χ0v) is 16.5. The summed E-state index contributed by atoms with van der Waals surface area (Å²) in [6.45, 7) is 7.09. The number of benzene rings is 1. The number of piperidine rings is 1. The van der Waals surface area contributed by atoms with Crippen molar-refractivity contribution in [3.8, 4) is 0 Å². The Hall–Kier alpha value is -2.04. The van der Waals surface area contributed by atoms with Crippen LogP contribution in [-0.4, -0.2) is 54.0 Å². The maximum absolute atomic E-state index is 12.6. The Morgan fingerprint density at radius 3 is 2.67 bits per heavy atom. The van der Waals surface area contributed by atoms with Crippen molar-refractivity contribution in [2.75, 3.05) is 26.2 Å². The highest BCUT2D eigenvalue weighted by atomic mass is 16.2. The predicted molar refractivity (Wildman–Crippen MR) is 106 cm³/mol. The number of carbonyl (C=O) groups excluding carboxylic acids is 2. The van der Waals surface area contributed by atoms with E-state index in [2.05, 4.69) is 29.6 Å². The molecule has 1 N–H and O–H groups in total. The van der Waals surface area contributed by atoms with Gasteiger partial charge in [0.2, 0.25) is 5.91 Å². The van der Waals surface area contributed by atoms with Crippen molar-refractivity contribution in [2.24, 2.45) is 5.92 Å². The number of nitrogens with one attached hydrogen (secondary N) is 1. The Balaban J connectivity index is 1.28. The molecule has 5 heteroatoms. The number of likely N-dealkylation sites (tertiary alicyclic amines) is 2. The van der Waals surface area contributed by atoms with E-state index in [-0.39, 0.29) is 29.3 Å². The van der Waals surface area contributed by atoms with Crippen LogP contribution in [0.5, 0.6) is 0 Å². The number of fused-ring (bicyclic) bond motifs is 2. The second-order valence-corrected chi connectivity index (χ2v) is 8.82. The highest BCUT2D eigenvalue weighted by Crippen LogP contribution is 2.46. The van der Waals surface area contributed by atoms with Crippen LogP contribution < -0.4 is 5.32 Å². The Labute approximate surface area is 162 Å². The van der Waals surface area contributed by atoms with Crippen molar-refractivity contribution >= 4 is 11.9 Å². The Kier molecular flexibility index (Phi) is 4.87. The molecule has 1 atom stereocenters. The molecule has 146 valence electrons. The van der Waals surface area contributed by atoms with Crippen LogP contribution in [0, 0.1) is 5.92 Å². The molecule has 2 heterocycles. The molecule has 2 fully saturated rings. The average molecular weight is 370 g/mol. The maximum Gasteiger partial charge on any atom is 0.317 e. The smallest absolute Gasteiger partial charge is 0.317 e. The van der Waals surface area contributed by atoms with Gasteiger partial charge in [0.05, 0.1) is 0 Å². The van der Waals surface area contributed by atoms with Gasteiger partial charge in [0.25, 0.3) is 0 Å². The molecule has 0 aromatic heterocycles. The van der Waals surface area contributed by atoms with Gasteiger partial charge < -0.3 is 15.1 Å². The molecule has 1 aromatic rings. The summed E-state index contributed by atoms with van der Waals surface area (Å²) in [7, 11) is 0. The van der Waals surface area contributed by atoms with Crippen molar-refractivity contribution in [3.05, 3.63) is 35.4 Å². The number of hydrogen-bond acceptors (Lipinski definition) is 2. The number of hydrogen-bond donors (Lipinski definition) is 1. The number of carbonyl (C=O) groups is 2. The summed E-state index contributed by atoms with van der Waals surface area (Å²) in [4.78, 5) is 28.5. The van der Waals surface area contributed by atoms with E-state index >= 15 is 0 Å². The monoisotopic (exact) mass is 369 g/mol. The minimum absolute atomic E-state index is 0.0339. The van der Waals surface area contributed by atoms with Crippen molar-refractivity contribution in [1.29, 1.82) is 0 Å². The van der Waals surface area contributed by atoms with Crippen molar-refractivity contribution in [1.82, 2.24) is 15.1 Å². The molecule has 1 aromatic carbocycles. The van der Waals surface area contributed by atoms with Crippen LogP contribution in [0.2, 0.25) is 0 Å². The third kappa shape index (κ3) is 3.44. The molecule has 2 saturated heterocycles.